The first kappa shape index (κ1) is 19.3. The van der Waals surface area contributed by atoms with Crippen molar-refractivity contribution < 1.29 is 13.9 Å². The standard InChI is InChI=1S/C21H20FN3O3/c1-2-28-18-9-5-16(6-10-18)19-11-12-21(27)25(24-19)14-20(26)23-13-15-3-7-17(22)8-4-15/h3-12H,2,13-14H2,1H3,(H,23,26). The maximum absolute atomic E-state index is 12.9. The van der Waals surface area contributed by atoms with Crippen molar-refractivity contribution >= 4 is 5.91 Å². The average Bonchev–Trinajstić information content (AvgIpc) is 2.70. The van der Waals surface area contributed by atoms with Gasteiger partial charge in [-0.15, -0.1) is 0 Å². The van der Waals surface area contributed by atoms with Crippen molar-refractivity contribution in [1.82, 2.24) is 15.1 Å². The SMILES string of the molecule is CCOc1ccc(-c2ccc(=O)n(CC(=O)NCc3ccc(F)cc3)n2)cc1. The van der Waals surface area contributed by atoms with Crippen LogP contribution in [0.25, 0.3) is 11.3 Å². The van der Waals surface area contributed by atoms with Gasteiger partial charge in [0.1, 0.15) is 18.1 Å². The zero-order valence-corrected chi connectivity index (χ0v) is 15.4. The van der Waals surface area contributed by atoms with E-state index in [0.29, 0.717) is 12.3 Å². The maximum atomic E-state index is 12.9. The van der Waals surface area contributed by atoms with Crippen LogP contribution < -0.4 is 15.6 Å². The minimum Gasteiger partial charge on any atom is -0.494 e. The fraction of sp³-hybridized carbons (Fsp3) is 0.190. The van der Waals surface area contributed by atoms with Crippen LogP contribution in [0.1, 0.15) is 12.5 Å². The van der Waals surface area contributed by atoms with Gasteiger partial charge < -0.3 is 10.1 Å². The number of nitrogens with zero attached hydrogens (tertiary/aromatic N) is 2. The van der Waals surface area contributed by atoms with Crippen LogP contribution in [0.3, 0.4) is 0 Å². The predicted molar refractivity (Wildman–Crippen MR) is 103 cm³/mol. The molecule has 1 aromatic heterocycles. The quantitative estimate of drug-likeness (QED) is 0.683. The summed E-state index contributed by atoms with van der Waals surface area (Å²) in [6.07, 6.45) is 0. The minimum absolute atomic E-state index is 0.203. The zero-order chi connectivity index (χ0) is 19.9. The lowest BCUT2D eigenvalue weighted by atomic mass is 10.1. The van der Waals surface area contributed by atoms with Gasteiger partial charge in [0.2, 0.25) is 5.91 Å². The van der Waals surface area contributed by atoms with Gasteiger partial charge in [-0.1, -0.05) is 12.1 Å². The topological polar surface area (TPSA) is 73.2 Å². The van der Waals surface area contributed by atoms with Crippen LogP contribution in [-0.4, -0.2) is 22.3 Å². The van der Waals surface area contributed by atoms with Gasteiger partial charge in [0, 0.05) is 18.2 Å². The minimum atomic E-state index is -0.369. The normalized spacial score (nSPS) is 10.5. The molecule has 0 aliphatic carbocycles. The smallest absolute Gasteiger partial charge is 0.267 e. The first-order chi connectivity index (χ1) is 13.5. The summed E-state index contributed by atoms with van der Waals surface area (Å²) >= 11 is 0. The van der Waals surface area contributed by atoms with Crippen molar-refractivity contribution in [2.24, 2.45) is 0 Å². The van der Waals surface area contributed by atoms with Gasteiger partial charge in [-0.05, 0) is 55.0 Å². The molecule has 6 nitrogen and oxygen atoms in total. The van der Waals surface area contributed by atoms with Crippen LogP contribution in [0.5, 0.6) is 5.75 Å². The van der Waals surface area contributed by atoms with E-state index in [0.717, 1.165) is 21.6 Å². The second kappa shape index (κ2) is 8.94. The molecule has 7 heteroatoms. The summed E-state index contributed by atoms with van der Waals surface area (Å²) < 4.78 is 19.4. The fourth-order valence-electron chi connectivity index (χ4n) is 2.60. The number of ether oxygens (including phenoxy) is 1. The molecule has 0 aliphatic rings. The van der Waals surface area contributed by atoms with Gasteiger partial charge in [0.15, 0.2) is 0 Å². The number of hydrogen-bond acceptors (Lipinski definition) is 4. The highest BCUT2D eigenvalue weighted by Crippen LogP contribution is 2.19. The van der Waals surface area contributed by atoms with E-state index in [2.05, 4.69) is 10.4 Å². The van der Waals surface area contributed by atoms with Gasteiger partial charge in [-0.2, -0.15) is 5.10 Å². The van der Waals surface area contributed by atoms with Gasteiger partial charge in [0.25, 0.3) is 5.56 Å². The predicted octanol–water partition coefficient (Wildman–Crippen LogP) is 2.76. The number of nitrogens with one attached hydrogen (secondary N) is 1. The van der Waals surface area contributed by atoms with Crippen LogP contribution >= 0.6 is 0 Å². The first-order valence-corrected chi connectivity index (χ1v) is 8.87. The molecule has 0 bridgehead atoms. The number of carbonyl (C=O) groups is 1. The van der Waals surface area contributed by atoms with Crippen LogP contribution in [0.15, 0.2) is 65.5 Å². The number of aromatic nitrogens is 2. The summed E-state index contributed by atoms with van der Waals surface area (Å²) in [4.78, 5) is 24.2. The largest absolute Gasteiger partial charge is 0.494 e. The van der Waals surface area contributed by atoms with Crippen LogP contribution in [0.4, 0.5) is 4.39 Å². The lowest BCUT2D eigenvalue weighted by Gasteiger charge is -2.09. The molecule has 0 fully saturated rings. The lowest BCUT2D eigenvalue weighted by molar-refractivity contribution is -0.122. The first-order valence-electron chi connectivity index (χ1n) is 8.87. The van der Waals surface area contributed by atoms with Crippen molar-refractivity contribution in [3.8, 4) is 17.0 Å². The number of amides is 1. The number of carbonyl (C=O) groups excluding carboxylic acids is 1. The molecule has 1 amide bonds. The van der Waals surface area contributed by atoms with Crippen LogP contribution in [-0.2, 0) is 17.9 Å². The Morgan fingerprint density at radius 2 is 1.79 bits per heavy atom. The van der Waals surface area contributed by atoms with Crippen molar-refractivity contribution in [2.45, 2.75) is 20.0 Å². The molecule has 0 radical (unpaired) electrons. The molecule has 0 saturated heterocycles. The summed E-state index contributed by atoms with van der Waals surface area (Å²) in [5, 5.41) is 6.97. The third-order valence-electron chi connectivity index (χ3n) is 4.02. The van der Waals surface area contributed by atoms with Crippen LogP contribution in [0, 0.1) is 5.82 Å². The highest BCUT2D eigenvalue weighted by Gasteiger charge is 2.08. The molecular weight excluding hydrogens is 361 g/mol. The molecule has 1 N–H and O–H groups in total. The fourth-order valence-corrected chi connectivity index (χ4v) is 2.60. The van der Waals surface area contributed by atoms with E-state index in [4.69, 9.17) is 4.74 Å². The molecule has 144 valence electrons. The number of benzene rings is 2. The molecule has 3 aromatic rings. The van der Waals surface area contributed by atoms with E-state index < -0.39 is 0 Å². The van der Waals surface area contributed by atoms with Gasteiger partial charge in [-0.3, -0.25) is 9.59 Å². The number of hydrogen-bond donors (Lipinski definition) is 1. The molecular formula is C21H20FN3O3. The molecule has 28 heavy (non-hydrogen) atoms. The molecule has 0 spiro atoms. The van der Waals surface area contributed by atoms with E-state index >= 15 is 0 Å². The summed E-state index contributed by atoms with van der Waals surface area (Å²) in [5.74, 6) is 0.0550. The summed E-state index contributed by atoms with van der Waals surface area (Å²) in [5.41, 5.74) is 1.78. The molecule has 2 aromatic carbocycles. The Bertz CT molecular complexity index is 999. The second-order valence-corrected chi connectivity index (χ2v) is 6.08. The van der Waals surface area contributed by atoms with Gasteiger partial charge in [-0.25, -0.2) is 9.07 Å². The highest BCUT2D eigenvalue weighted by atomic mass is 19.1. The zero-order valence-electron chi connectivity index (χ0n) is 15.4. The van der Waals surface area contributed by atoms with Crippen LogP contribution in [0.2, 0.25) is 0 Å². The van der Waals surface area contributed by atoms with Crippen molar-refractivity contribution in [2.75, 3.05) is 6.61 Å². The Balaban J connectivity index is 1.68. The Morgan fingerprint density at radius 1 is 1.07 bits per heavy atom. The maximum Gasteiger partial charge on any atom is 0.267 e. The average molecular weight is 381 g/mol. The molecule has 0 saturated carbocycles. The van der Waals surface area contributed by atoms with Crippen molar-refractivity contribution in [3.63, 3.8) is 0 Å². The second-order valence-electron chi connectivity index (χ2n) is 6.08. The van der Waals surface area contributed by atoms with E-state index in [1.807, 2.05) is 31.2 Å². The van der Waals surface area contributed by atoms with Crippen molar-refractivity contribution in [3.05, 3.63) is 82.4 Å². The van der Waals surface area contributed by atoms with Gasteiger partial charge in [0.05, 0.1) is 12.3 Å². The Hall–Kier alpha value is -3.48. The number of rotatable bonds is 7. The third kappa shape index (κ3) is 5.03. The van der Waals surface area contributed by atoms with E-state index in [-0.39, 0.29) is 30.4 Å². The van der Waals surface area contributed by atoms with E-state index in [1.54, 1.807) is 18.2 Å². The monoisotopic (exact) mass is 381 g/mol. The van der Waals surface area contributed by atoms with Gasteiger partial charge >= 0.3 is 0 Å². The Morgan fingerprint density at radius 3 is 2.46 bits per heavy atom. The summed E-state index contributed by atoms with van der Waals surface area (Å²) in [7, 11) is 0. The Labute approximate surface area is 161 Å². The molecule has 1 heterocycles. The molecule has 3 rings (SSSR count). The summed E-state index contributed by atoms with van der Waals surface area (Å²) in [6, 6.07) is 16.2. The molecule has 0 atom stereocenters. The third-order valence-corrected chi connectivity index (χ3v) is 4.02. The van der Waals surface area contributed by atoms with Crippen molar-refractivity contribution in [1.29, 1.82) is 0 Å². The Kier molecular flexibility index (Phi) is 6.16. The van der Waals surface area contributed by atoms with E-state index in [1.165, 1.54) is 18.2 Å². The lowest BCUT2D eigenvalue weighted by Crippen LogP contribution is -2.33. The molecule has 0 aliphatic heterocycles. The van der Waals surface area contributed by atoms with E-state index in [9.17, 15) is 14.0 Å². The highest BCUT2D eigenvalue weighted by molar-refractivity contribution is 5.75. The number of halogens is 1. The molecule has 0 unspecified atom stereocenters. The summed E-state index contributed by atoms with van der Waals surface area (Å²) in [6.45, 7) is 2.53.